The zero-order valence-electron chi connectivity index (χ0n) is 9.98. The lowest BCUT2D eigenvalue weighted by atomic mass is 9.78. The van der Waals surface area contributed by atoms with Crippen LogP contribution in [0.25, 0.3) is 0 Å². The van der Waals surface area contributed by atoms with Gasteiger partial charge >= 0.3 is 0 Å². The zero-order chi connectivity index (χ0) is 12.3. The summed E-state index contributed by atoms with van der Waals surface area (Å²) in [7, 11) is 0. The number of piperidine rings is 1. The number of amides is 2. The summed E-state index contributed by atoms with van der Waals surface area (Å²) in [5.74, 6) is -0.300. The van der Waals surface area contributed by atoms with E-state index in [-0.39, 0.29) is 23.7 Å². The summed E-state index contributed by atoms with van der Waals surface area (Å²) in [4.78, 5) is 23.3. The molecule has 2 atom stereocenters. The largest absolute Gasteiger partial charge is 0.296 e. The van der Waals surface area contributed by atoms with Crippen molar-refractivity contribution in [2.24, 2.45) is 5.92 Å². The Bertz CT molecular complexity index is 413. The standard InChI is InChI=1S/C14H17NO2/c1-2-6-11-12(9-13(16)15-14(11)17)10-7-4-3-5-8-10/h3-5,7-8,11-12H,2,6,9H2,1H3,(H,15,16,17). The fourth-order valence-corrected chi connectivity index (χ4v) is 2.50. The molecule has 2 rings (SSSR count). The molecule has 1 aromatic rings. The molecule has 0 aliphatic carbocycles. The second-order valence-electron chi connectivity index (χ2n) is 4.53. The van der Waals surface area contributed by atoms with Gasteiger partial charge in [-0.1, -0.05) is 43.7 Å². The maximum atomic E-state index is 11.8. The molecule has 17 heavy (non-hydrogen) atoms. The summed E-state index contributed by atoms with van der Waals surface area (Å²) in [6.07, 6.45) is 2.20. The van der Waals surface area contributed by atoms with Gasteiger partial charge in [-0.3, -0.25) is 14.9 Å². The van der Waals surface area contributed by atoms with Gasteiger partial charge in [-0.2, -0.15) is 0 Å². The van der Waals surface area contributed by atoms with Crippen LogP contribution in [-0.4, -0.2) is 11.8 Å². The fraction of sp³-hybridized carbons (Fsp3) is 0.429. The second kappa shape index (κ2) is 5.13. The third kappa shape index (κ3) is 2.54. The van der Waals surface area contributed by atoms with Crippen LogP contribution in [0.5, 0.6) is 0 Å². The molecule has 0 aromatic heterocycles. The number of imide groups is 1. The number of carbonyl (C=O) groups is 2. The molecule has 2 unspecified atom stereocenters. The molecule has 1 aromatic carbocycles. The minimum Gasteiger partial charge on any atom is -0.296 e. The van der Waals surface area contributed by atoms with Gasteiger partial charge in [0.15, 0.2) is 0 Å². The summed E-state index contributed by atoms with van der Waals surface area (Å²) in [5.41, 5.74) is 1.09. The van der Waals surface area contributed by atoms with E-state index < -0.39 is 0 Å². The Balaban J connectivity index is 2.27. The highest BCUT2D eigenvalue weighted by Gasteiger charge is 2.35. The number of nitrogens with one attached hydrogen (secondary N) is 1. The molecular weight excluding hydrogens is 214 g/mol. The van der Waals surface area contributed by atoms with Crippen LogP contribution in [0, 0.1) is 5.92 Å². The highest BCUT2D eigenvalue weighted by Crippen LogP contribution is 2.33. The molecule has 0 saturated carbocycles. The summed E-state index contributed by atoms with van der Waals surface area (Å²) in [6.45, 7) is 2.06. The van der Waals surface area contributed by atoms with Crippen molar-refractivity contribution in [1.82, 2.24) is 5.32 Å². The SMILES string of the molecule is CCCC1C(=O)NC(=O)CC1c1ccccc1. The van der Waals surface area contributed by atoms with Gasteiger partial charge in [0, 0.05) is 18.3 Å². The van der Waals surface area contributed by atoms with Crippen LogP contribution >= 0.6 is 0 Å². The molecule has 0 radical (unpaired) electrons. The van der Waals surface area contributed by atoms with E-state index in [1.54, 1.807) is 0 Å². The highest BCUT2D eigenvalue weighted by molar-refractivity contribution is 5.99. The number of hydrogen-bond donors (Lipinski definition) is 1. The fourth-order valence-electron chi connectivity index (χ4n) is 2.50. The van der Waals surface area contributed by atoms with Crippen LogP contribution in [-0.2, 0) is 9.59 Å². The van der Waals surface area contributed by atoms with Crippen LogP contribution in [0.1, 0.15) is 37.7 Å². The molecule has 90 valence electrons. The van der Waals surface area contributed by atoms with Crippen molar-refractivity contribution in [3.05, 3.63) is 35.9 Å². The van der Waals surface area contributed by atoms with Gasteiger partial charge in [-0.15, -0.1) is 0 Å². The molecule has 1 aliphatic rings. The average Bonchev–Trinajstić information content (AvgIpc) is 2.33. The van der Waals surface area contributed by atoms with E-state index in [1.165, 1.54) is 0 Å². The number of hydrogen-bond acceptors (Lipinski definition) is 2. The Morgan fingerprint density at radius 1 is 1.24 bits per heavy atom. The lowest BCUT2D eigenvalue weighted by molar-refractivity contribution is -0.137. The lowest BCUT2D eigenvalue weighted by Crippen LogP contribution is -2.44. The van der Waals surface area contributed by atoms with E-state index >= 15 is 0 Å². The minimum absolute atomic E-state index is 0.0393. The predicted molar refractivity (Wildman–Crippen MR) is 65.3 cm³/mol. The maximum absolute atomic E-state index is 11.8. The summed E-state index contributed by atoms with van der Waals surface area (Å²) in [5, 5.41) is 2.44. The lowest BCUT2D eigenvalue weighted by Gasteiger charge is -2.30. The molecule has 3 heteroatoms. The van der Waals surface area contributed by atoms with E-state index in [9.17, 15) is 9.59 Å². The molecule has 2 amide bonds. The van der Waals surface area contributed by atoms with Crippen molar-refractivity contribution >= 4 is 11.8 Å². The number of rotatable bonds is 3. The van der Waals surface area contributed by atoms with Crippen LogP contribution in [0.2, 0.25) is 0 Å². The monoisotopic (exact) mass is 231 g/mol. The molecule has 1 heterocycles. The molecule has 1 aliphatic heterocycles. The zero-order valence-corrected chi connectivity index (χ0v) is 9.98. The molecule has 1 N–H and O–H groups in total. The normalized spacial score (nSPS) is 24.5. The topological polar surface area (TPSA) is 46.2 Å². The van der Waals surface area contributed by atoms with Crippen molar-refractivity contribution < 1.29 is 9.59 Å². The van der Waals surface area contributed by atoms with Gasteiger partial charge in [0.2, 0.25) is 11.8 Å². The smallest absolute Gasteiger partial charge is 0.230 e. The summed E-state index contributed by atoms with van der Waals surface area (Å²) in [6, 6.07) is 9.85. The van der Waals surface area contributed by atoms with Crippen molar-refractivity contribution in [3.63, 3.8) is 0 Å². The quantitative estimate of drug-likeness (QED) is 0.811. The second-order valence-corrected chi connectivity index (χ2v) is 4.53. The Morgan fingerprint density at radius 2 is 1.94 bits per heavy atom. The van der Waals surface area contributed by atoms with E-state index in [1.807, 2.05) is 30.3 Å². The Kier molecular flexibility index (Phi) is 3.57. The first-order chi connectivity index (χ1) is 8.22. The number of benzene rings is 1. The van der Waals surface area contributed by atoms with E-state index in [0.717, 1.165) is 18.4 Å². The van der Waals surface area contributed by atoms with E-state index in [4.69, 9.17) is 0 Å². The Labute approximate surface area is 101 Å². The van der Waals surface area contributed by atoms with Crippen molar-refractivity contribution in [2.45, 2.75) is 32.1 Å². The van der Waals surface area contributed by atoms with Crippen molar-refractivity contribution in [3.8, 4) is 0 Å². The number of carbonyl (C=O) groups excluding carboxylic acids is 2. The van der Waals surface area contributed by atoms with E-state index in [0.29, 0.717) is 6.42 Å². The minimum atomic E-state index is -0.156. The van der Waals surface area contributed by atoms with Crippen LogP contribution < -0.4 is 5.32 Å². The molecule has 1 saturated heterocycles. The Morgan fingerprint density at radius 3 is 2.59 bits per heavy atom. The Hall–Kier alpha value is -1.64. The van der Waals surface area contributed by atoms with Gasteiger partial charge in [0.1, 0.15) is 0 Å². The predicted octanol–water partition coefficient (Wildman–Crippen LogP) is 2.23. The summed E-state index contributed by atoms with van der Waals surface area (Å²) >= 11 is 0. The average molecular weight is 231 g/mol. The van der Waals surface area contributed by atoms with Crippen LogP contribution in [0.3, 0.4) is 0 Å². The van der Waals surface area contributed by atoms with Gasteiger partial charge in [-0.25, -0.2) is 0 Å². The molecule has 3 nitrogen and oxygen atoms in total. The first-order valence-corrected chi connectivity index (χ1v) is 6.11. The van der Waals surface area contributed by atoms with E-state index in [2.05, 4.69) is 12.2 Å². The van der Waals surface area contributed by atoms with Gasteiger partial charge in [0.25, 0.3) is 0 Å². The van der Waals surface area contributed by atoms with Gasteiger partial charge in [0.05, 0.1) is 0 Å². The summed E-state index contributed by atoms with van der Waals surface area (Å²) < 4.78 is 0. The third-order valence-corrected chi connectivity index (χ3v) is 3.32. The molecule has 0 spiro atoms. The maximum Gasteiger partial charge on any atom is 0.230 e. The van der Waals surface area contributed by atoms with Crippen LogP contribution in [0.15, 0.2) is 30.3 Å². The molecular formula is C14H17NO2. The van der Waals surface area contributed by atoms with Crippen LogP contribution in [0.4, 0.5) is 0 Å². The molecule has 0 bridgehead atoms. The molecule has 1 fully saturated rings. The first-order valence-electron chi connectivity index (χ1n) is 6.11. The van der Waals surface area contributed by atoms with Crippen molar-refractivity contribution in [1.29, 1.82) is 0 Å². The van der Waals surface area contributed by atoms with Gasteiger partial charge in [-0.05, 0) is 12.0 Å². The highest BCUT2D eigenvalue weighted by atomic mass is 16.2. The first kappa shape index (κ1) is 11.8. The van der Waals surface area contributed by atoms with Gasteiger partial charge < -0.3 is 0 Å². The third-order valence-electron chi connectivity index (χ3n) is 3.32. The van der Waals surface area contributed by atoms with Crippen molar-refractivity contribution in [2.75, 3.05) is 0 Å².